The van der Waals surface area contributed by atoms with E-state index in [4.69, 9.17) is 4.84 Å². The third-order valence-corrected chi connectivity index (χ3v) is 5.74. The van der Waals surface area contributed by atoms with Crippen LogP contribution in [-0.2, 0) is 4.84 Å². The Balaban J connectivity index is 1.23. The van der Waals surface area contributed by atoms with Gasteiger partial charge in [-0.05, 0) is 36.6 Å². The van der Waals surface area contributed by atoms with Gasteiger partial charge >= 0.3 is 5.69 Å². The summed E-state index contributed by atoms with van der Waals surface area (Å²) in [6, 6.07) is 18.4. The normalized spacial score (nSPS) is 21.0. The molecule has 1 aromatic heterocycles. The van der Waals surface area contributed by atoms with Gasteiger partial charge in [-0.2, -0.15) is 0 Å². The smallest absolute Gasteiger partial charge is 0.306 e. The van der Waals surface area contributed by atoms with E-state index in [9.17, 15) is 4.79 Å². The molecule has 28 heavy (non-hydrogen) atoms. The Morgan fingerprint density at radius 2 is 1.75 bits per heavy atom. The van der Waals surface area contributed by atoms with Crippen molar-refractivity contribution in [2.75, 3.05) is 19.6 Å². The lowest BCUT2D eigenvalue weighted by atomic mass is 10.0. The maximum absolute atomic E-state index is 12.4. The van der Waals surface area contributed by atoms with Crippen LogP contribution in [0.3, 0.4) is 0 Å². The second-order valence-corrected chi connectivity index (χ2v) is 7.57. The van der Waals surface area contributed by atoms with Crippen LogP contribution in [0.2, 0.25) is 0 Å². The molecule has 0 aliphatic carbocycles. The molecule has 2 aliphatic heterocycles. The first kappa shape index (κ1) is 17.3. The van der Waals surface area contributed by atoms with Gasteiger partial charge in [0.1, 0.15) is 6.10 Å². The highest BCUT2D eigenvalue weighted by atomic mass is 16.7. The molecule has 1 atom stereocenters. The predicted octanol–water partition coefficient (Wildman–Crippen LogP) is 3.13. The first-order valence-electron chi connectivity index (χ1n) is 9.87. The third-order valence-electron chi connectivity index (χ3n) is 5.74. The number of nitrogens with zero attached hydrogens (tertiary/aromatic N) is 2. The number of piperidine rings is 1. The van der Waals surface area contributed by atoms with Crippen LogP contribution in [0.1, 0.15) is 30.6 Å². The number of likely N-dealkylation sites (tertiary alicyclic amines) is 1. The number of hydroxylamine groups is 1. The number of para-hydroxylation sites is 2. The fourth-order valence-electron chi connectivity index (χ4n) is 4.30. The van der Waals surface area contributed by atoms with Crippen LogP contribution >= 0.6 is 0 Å². The fraction of sp³-hybridized carbons (Fsp3) is 0.318. The van der Waals surface area contributed by atoms with Crippen molar-refractivity contribution >= 4 is 11.0 Å². The van der Waals surface area contributed by atoms with E-state index in [1.807, 2.05) is 47.0 Å². The molecule has 0 saturated carbocycles. The Hall–Kier alpha value is -2.83. The van der Waals surface area contributed by atoms with Gasteiger partial charge in [0.05, 0.1) is 16.7 Å². The van der Waals surface area contributed by atoms with Crippen LogP contribution in [0.4, 0.5) is 0 Å². The monoisotopic (exact) mass is 376 g/mol. The molecule has 1 saturated heterocycles. The van der Waals surface area contributed by atoms with E-state index >= 15 is 0 Å². The number of nitrogens with one attached hydrogen (secondary N) is 2. The van der Waals surface area contributed by atoms with Gasteiger partial charge < -0.3 is 4.98 Å². The maximum Gasteiger partial charge on any atom is 0.326 e. The van der Waals surface area contributed by atoms with Gasteiger partial charge in [-0.15, -0.1) is 0 Å². The van der Waals surface area contributed by atoms with Crippen LogP contribution < -0.4 is 11.2 Å². The van der Waals surface area contributed by atoms with Gasteiger partial charge in [0, 0.05) is 25.7 Å². The third kappa shape index (κ3) is 3.25. The number of rotatable bonds is 4. The highest BCUT2D eigenvalue weighted by molar-refractivity contribution is 5.75. The summed E-state index contributed by atoms with van der Waals surface area (Å²) >= 11 is 0. The van der Waals surface area contributed by atoms with Gasteiger partial charge in [0.15, 0.2) is 0 Å². The van der Waals surface area contributed by atoms with Gasteiger partial charge in [0.25, 0.3) is 0 Å². The molecule has 2 aromatic carbocycles. The second kappa shape index (κ2) is 7.30. The molecule has 1 fully saturated rings. The summed E-state index contributed by atoms with van der Waals surface area (Å²) in [6.07, 6.45) is 4.07. The molecule has 2 aliphatic rings. The summed E-state index contributed by atoms with van der Waals surface area (Å²) in [5.41, 5.74) is 7.27. The van der Waals surface area contributed by atoms with Crippen molar-refractivity contribution in [1.82, 2.24) is 19.9 Å². The molecule has 3 aromatic rings. The highest BCUT2D eigenvalue weighted by Gasteiger charge is 2.25. The highest BCUT2D eigenvalue weighted by Crippen LogP contribution is 2.27. The summed E-state index contributed by atoms with van der Waals surface area (Å²) in [5.74, 6) is 0. The minimum absolute atomic E-state index is 0.000999. The molecule has 2 N–H and O–H groups in total. The van der Waals surface area contributed by atoms with Crippen molar-refractivity contribution in [2.45, 2.75) is 25.0 Å². The number of imidazole rings is 1. The van der Waals surface area contributed by atoms with E-state index in [1.165, 1.54) is 0 Å². The lowest BCUT2D eigenvalue weighted by Crippen LogP contribution is -2.38. The SMILES string of the molecule is O=c1[nH]c2ccccc2n1C1CCN(CC2=CC(c3ccccc3)ON2)CC1. The minimum Gasteiger partial charge on any atom is -0.306 e. The Bertz CT molecular complexity index is 1050. The van der Waals surface area contributed by atoms with Gasteiger partial charge in [-0.1, -0.05) is 42.5 Å². The Labute approximate surface area is 163 Å². The quantitative estimate of drug-likeness (QED) is 0.734. The van der Waals surface area contributed by atoms with E-state index in [1.54, 1.807) is 0 Å². The average Bonchev–Trinajstić information content (AvgIpc) is 3.33. The van der Waals surface area contributed by atoms with Crippen molar-refractivity contribution in [2.24, 2.45) is 0 Å². The molecule has 5 rings (SSSR count). The molecule has 3 heterocycles. The van der Waals surface area contributed by atoms with E-state index in [-0.39, 0.29) is 17.8 Å². The molecule has 144 valence electrons. The van der Waals surface area contributed by atoms with Crippen molar-refractivity contribution < 1.29 is 4.84 Å². The number of fused-ring (bicyclic) bond motifs is 1. The Morgan fingerprint density at radius 3 is 2.57 bits per heavy atom. The first-order chi connectivity index (χ1) is 13.8. The lowest BCUT2D eigenvalue weighted by molar-refractivity contribution is 0.0381. The van der Waals surface area contributed by atoms with Crippen LogP contribution in [0.15, 0.2) is 71.2 Å². The van der Waals surface area contributed by atoms with Crippen molar-refractivity contribution in [3.05, 3.63) is 82.4 Å². The standard InChI is InChI=1S/C22H24N4O2/c27-22-23-19-8-4-5-9-20(19)26(22)18-10-12-25(13-11-18)15-17-14-21(28-24-17)16-6-2-1-3-7-16/h1-9,14,18,21,24H,10-13,15H2,(H,23,27). The summed E-state index contributed by atoms with van der Waals surface area (Å²) in [6.45, 7) is 2.77. The van der Waals surface area contributed by atoms with Crippen molar-refractivity contribution in [3.63, 3.8) is 0 Å². The summed E-state index contributed by atoms with van der Waals surface area (Å²) in [5, 5.41) is 0. The molecule has 0 radical (unpaired) electrons. The molecule has 1 unspecified atom stereocenters. The van der Waals surface area contributed by atoms with Crippen LogP contribution in [0.25, 0.3) is 11.0 Å². The zero-order chi connectivity index (χ0) is 18.9. The van der Waals surface area contributed by atoms with E-state index in [0.717, 1.165) is 54.8 Å². The van der Waals surface area contributed by atoms with Gasteiger partial charge in [-0.3, -0.25) is 19.8 Å². The van der Waals surface area contributed by atoms with Gasteiger partial charge in [0.2, 0.25) is 0 Å². The maximum atomic E-state index is 12.4. The van der Waals surface area contributed by atoms with Crippen molar-refractivity contribution in [1.29, 1.82) is 0 Å². The molecular formula is C22H24N4O2. The molecule has 0 spiro atoms. The molecule has 6 heteroatoms. The number of benzene rings is 2. The Kier molecular flexibility index (Phi) is 4.50. The largest absolute Gasteiger partial charge is 0.326 e. The Morgan fingerprint density at radius 1 is 1.00 bits per heavy atom. The summed E-state index contributed by atoms with van der Waals surface area (Å²) in [4.78, 5) is 23.5. The van der Waals surface area contributed by atoms with Crippen molar-refractivity contribution in [3.8, 4) is 0 Å². The van der Waals surface area contributed by atoms with Crippen LogP contribution in [0, 0.1) is 0 Å². The number of hydrogen-bond donors (Lipinski definition) is 2. The predicted molar refractivity (Wildman–Crippen MR) is 109 cm³/mol. The molecular weight excluding hydrogens is 352 g/mol. The van der Waals surface area contributed by atoms with E-state index < -0.39 is 0 Å². The first-order valence-corrected chi connectivity index (χ1v) is 9.87. The molecule has 6 nitrogen and oxygen atoms in total. The molecule has 0 amide bonds. The second-order valence-electron chi connectivity index (χ2n) is 7.57. The van der Waals surface area contributed by atoms with E-state index in [2.05, 4.69) is 33.6 Å². The fourth-order valence-corrected chi connectivity index (χ4v) is 4.30. The van der Waals surface area contributed by atoms with E-state index in [0.29, 0.717) is 0 Å². The number of hydrogen-bond acceptors (Lipinski definition) is 4. The number of aromatic nitrogens is 2. The number of H-pyrrole nitrogens is 1. The van der Waals surface area contributed by atoms with Gasteiger partial charge in [-0.25, -0.2) is 4.79 Å². The van der Waals surface area contributed by atoms with Crippen LogP contribution in [-0.4, -0.2) is 34.1 Å². The summed E-state index contributed by atoms with van der Waals surface area (Å²) in [7, 11) is 0. The topological polar surface area (TPSA) is 62.3 Å². The average molecular weight is 376 g/mol. The minimum atomic E-state index is -0.0291. The zero-order valence-corrected chi connectivity index (χ0v) is 15.7. The summed E-state index contributed by atoms with van der Waals surface area (Å²) < 4.78 is 1.94. The zero-order valence-electron chi connectivity index (χ0n) is 15.7. The molecule has 0 bridgehead atoms. The van der Waals surface area contributed by atoms with Crippen LogP contribution in [0.5, 0.6) is 0 Å². The number of aromatic amines is 1. The lowest BCUT2D eigenvalue weighted by Gasteiger charge is -2.32.